The number of benzene rings is 2. The molecule has 1 aliphatic heterocycles. The van der Waals surface area contributed by atoms with Crippen molar-refractivity contribution in [3.05, 3.63) is 65.2 Å². The van der Waals surface area contributed by atoms with Crippen LogP contribution in [0.1, 0.15) is 49.4 Å². The Bertz CT molecular complexity index is 978. The van der Waals surface area contributed by atoms with Gasteiger partial charge in [-0.25, -0.2) is 8.42 Å². The lowest BCUT2D eigenvalue weighted by atomic mass is 9.99. The third-order valence-corrected chi connectivity index (χ3v) is 7.75. The second-order valence-electron chi connectivity index (χ2n) is 8.60. The van der Waals surface area contributed by atoms with Gasteiger partial charge in [0.2, 0.25) is 15.9 Å². The molecule has 1 aliphatic rings. The molecule has 168 valence electrons. The van der Waals surface area contributed by atoms with Gasteiger partial charge in [-0.05, 0) is 43.0 Å². The van der Waals surface area contributed by atoms with Crippen LogP contribution >= 0.6 is 0 Å². The van der Waals surface area contributed by atoms with Crippen molar-refractivity contribution >= 4 is 15.9 Å². The number of amides is 1. The van der Waals surface area contributed by atoms with Crippen LogP contribution in [0.5, 0.6) is 0 Å². The molecule has 1 saturated heterocycles. The van der Waals surface area contributed by atoms with Gasteiger partial charge in [-0.1, -0.05) is 55.8 Å². The summed E-state index contributed by atoms with van der Waals surface area (Å²) in [5.41, 5.74) is 3.38. The summed E-state index contributed by atoms with van der Waals surface area (Å²) < 4.78 is 27.2. The molecule has 1 unspecified atom stereocenters. The summed E-state index contributed by atoms with van der Waals surface area (Å²) in [5, 5.41) is 3.05. The highest BCUT2D eigenvalue weighted by Crippen LogP contribution is 2.20. The first-order valence-electron chi connectivity index (χ1n) is 10.8. The van der Waals surface area contributed by atoms with Crippen molar-refractivity contribution in [1.29, 1.82) is 0 Å². The molecule has 3 rings (SSSR count). The highest BCUT2D eigenvalue weighted by atomic mass is 32.2. The maximum absolute atomic E-state index is 12.8. The average Bonchev–Trinajstić information content (AvgIpc) is 2.74. The Morgan fingerprint density at radius 3 is 2.00 bits per heavy atom. The molecule has 1 amide bonds. The molecule has 0 bridgehead atoms. The lowest BCUT2D eigenvalue weighted by molar-refractivity contribution is -0.123. The summed E-state index contributed by atoms with van der Waals surface area (Å²) in [6.07, 6.45) is 0. The van der Waals surface area contributed by atoms with Crippen LogP contribution in [0.4, 0.5) is 0 Å². The van der Waals surface area contributed by atoms with E-state index in [4.69, 9.17) is 0 Å². The monoisotopic (exact) mass is 443 g/mol. The molecule has 0 aromatic heterocycles. The van der Waals surface area contributed by atoms with E-state index in [0.717, 1.165) is 11.1 Å². The number of aryl methyl sites for hydroxylation is 1. The fourth-order valence-corrected chi connectivity index (χ4v) is 5.15. The maximum Gasteiger partial charge on any atom is 0.243 e. The number of rotatable bonds is 7. The van der Waals surface area contributed by atoms with Crippen molar-refractivity contribution < 1.29 is 13.2 Å². The Morgan fingerprint density at radius 2 is 1.45 bits per heavy atom. The Balaban J connectivity index is 1.50. The fraction of sp³-hybridized carbons (Fsp3) is 0.458. The molecule has 1 fully saturated rings. The SMILES string of the molecule is Cc1ccc(S(=O)(=O)N2CCN(CC(=O)NC(C)c3ccc(C(C)C)cc3)CC2)cc1. The van der Waals surface area contributed by atoms with E-state index in [1.807, 2.05) is 30.9 Å². The summed E-state index contributed by atoms with van der Waals surface area (Å²) in [5.74, 6) is 0.433. The number of carbonyl (C=O) groups is 1. The van der Waals surface area contributed by atoms with Crippen LogP contribution in [0.25, 0.3) is 0 Å². The van der Waals surface area contributed by atoms with Gasteiger partial charge in [0.05, 0.1) is 17.5 Å². The predicted octanol–water partition coefficient (Wildman–Crippen LogP) is 3.30. The van der Waals surface area contributed by atoms with E-state index in [0.29, 0.717) is 37.0 Å². The first kappa shape index (κ1) is 23.4. The standard InChI is InChI=1S/C24H33N3O3S/c1-18(2)21-7-9-22(10-8-21)20(4)25-24(28)17-26-13-15-27(16-14-26)31(29,30)23-11-5-19(3)6-12-23/h5-12,18,20H,13-17H2,1-4H3,(H,25,28). The zero-order chi connectivity index (χ0) is 22.6. The lowest BCUT2D eigenvalue weighted by Gasteiger charge is -2.33. The van der Waals surface area contributed by atoms with Crippen LogP contribution in [0.15, 0.2) is 53.4 Å². The number of piperazine rings is 1. The zero-order valence-electron chi connectivity index (χ0n) is 18.8. The molecule has 31 heavy (non-hydrogen) atoms. The van der Waals surface area contributed by atoms with E-state index in [9.17, 15) is 13.2 Å². The molecule has 2 aromatic carbocycles. The highest BCUT2D eigenvalue weighted by molar-refractivity contribution is 7.89. The summed E-state index contributed by atoms with van der Waals surface area (Å²) in [6.45, 7) is 10.3. The van der Waals surface area contributed by atoms with Crippen molar-refractivity contribution in [2.75, 3.05) is 32.7 Å². The van der Waals surface area contributed by atoms with Gasteiger partial charge >= 0.3 is 0 Å². The highest BCUT2D eigenvalue weighted by Gasteiger charge is 2.29. The molecule has 2 aromatic rings. The Kier molecular flexibility index (Phi) is 7.51. The number of carbonyl (C=O) groups excluding carboxylic acids is 1. The van der Waals surface area contributed by atoms with Crippen molar-refractivity contribution in [1.82, 2.24) is 14.5 Å². The minimum atomic E-state index is -3.49. The Labute approximate surface area is 186 Å². The zero-order valence-corrected chi connectivity index (χ0v) is 19.7. The topological polar surface area (TPSA) is 69.7 Å². The molecule has 1 heterocycles. The molecule has 0 radical (unpaired) electrons. The molecule has 1 atom stereocenters. The number of nitrogens with one attached hydrogen (secondary N) is 1. The lowest BCUT2D eigenvalue weighted by Crippen LogP contribution is -2.51. The van der Waals surface area contributed by atoms with Crippen molar-refractivity contribution in [2.24, 2.45) is 0 Å². The molecule has 6 nitrogen and oxygen atoms in total. The number of sulfonamides is 1. The van der Waals surface area contributed by atoms with Gasteiger partial charge in [-0.3, -0.25) is 9.69 Å². The van der Waals surface area contributed by atoms with Crippen molar-refractivity contribution in [3.63, 3.8) is 0 Å². The van der Waals surface area contributed by atoms with Gasteiger partial charge in [-0.15, -0.1) is 0 Å². The molecule has 0 aliphatic carbocycles. The molecular formula is C24H33N3O3S. The van der Waals surface area contributed by atoms with E-state index in [-0.39, 0.29) is 18.5 Å². The minimum Gasteiger partial charge on any atom is -0.348 e. The van der Waals surface area contributed by atoms with E-state index >= 15 is 0 Å². The van der Waals surface area contributed by atoms with Gasteiger partial charge < -0.3 is 5.32 Å². The smallest absolute Gasteiger partial charge is 0.243 e. The van der Waals surface area contributed by atoms with Crippen LogP contribution in [0.2, 0.25) is 0 Å². The predicted molar refractivity (Wildman–Crippen MR) is 123 cm³/mol. The molecular weight excluding hydrogens is 410 g/mol. The summed E-state index contributed by atoms with van der Waals surface area (Å²) >= 11 is 0. The first-order valence-corrected chi connectivity index (χ1v) is 12.3. The van der Waals surface area contributed by atoms with Gasteiger partial charge in [0.15, 0.2) is 0 Å². The summed E-state index contributed by atoms with van der Waals surface area (Å²) in [4.78, 5) is 14.8. The Hall–Kier alpha value is -2.22. The van der Waals surface area contributed by atoms with Crippen LogP contribution in [0.3, 0.4) is 0 Å². The molecule has 0 spiro atoms. The minimum absolute atomic E-state index is 0.0460. The molecule has 7 heteroatoms. The van der Waals surface area contributed by atoms with Crippen LogP contribution in [-0.4, -0.2) is 56.3 Å². The van der Waals surface area contributed by atoms with E-state index in [1.165, 1.54) is 9.87 Å². The van der Waals surface area contributed by atoms with Gasteiger partial charge in [0.25, 0.3) is 0 Å². The van der Waals surface area contributed by atoms with E-state index in [2.05, 4.69) is 43.4 Å². The number of nitrogens with zero attached hydrogens (tertiary/aromatic N) is 2. The normalized spacial score (nSPS) is 16.9. The number of hydrogen-bond donors (Lipinski definition) is 1. The van der Waals surface area contributed by atoms with E-state index in [1.54, 1.807) is 12.1 Å². The summed E-state index contributed by atoms with van der Waals surface area (Å²) in [7, 11) is -3.49. The maximum atomic E-state index is 12.8. The fourth-order valence-electron chi connectivity index (χ4n) is 3.73. The van der Waals surface area contributed by atoms with Gasteiger partial charge in [0.1, 0.15) is 0 Å². The van der Waals surface area contributed by atoms with Crippen LogP contribution in [0, 0.1) is 6.92 Å². The van der Waals surface area contributed by atoms with Crippen molar-refractivity contribution in [2.45, 2.75) is 44.6 Å². The second kappa shape index (κ2) is 9.94. The third kappa shape index (κ3) is 5.93. The third-order valence-electron chi connectivity index (χ3n) is 5.84. The molecule has 0 saturated carbocycles. The van der Waals surface area contributed by atoms with Crippen LogP contribution in [-0.2, 0) is 14.8 Å². The van der Waals surface area contributed by atoms with E-state index < -0.39 is 10.0 Å². The molecule has 1 N–H and O–H groups in total. The summed E-state index contributed by atoms with van der Waals surface area (Å²) in [6, 6.07) is 15.2. The quantitative estimate of drug-likeness (QED) is 0.713. The van der Waals surface area contributed by atoms with Gasteiger partial charge in [-0.2, -0.15) is 4.31 Å². The average molecular weight is 444 g/mol. The van der Waals surface area contributed by atoms with Gasteiger partial charge in [0, 0.05) is 26.2 Å². The Morgan fingerprint density at radius 1 is 0.903 bits per heavy atom. The number of hydrogen-bond acceptors (Lipinski definition) is 4. The van der Waals surface area contributed by atoms with Crippen molar-refractivity contribution in [3.8, 4) is 0 Å². The van der Waals surface area contributed by atoms with Crippen LogP contribution < -0.4 is 5.32 Å². The first-order chi connectivity index (χ1) is 14.7. The largest absolute Gasteiger partial charge is 0.348 e. The second-order valence-corrected chi connectivity index (χ2v) is 10.5.